The summed E-state index contributed by atoms with van der Waals surface area (Å²) in [6, 6.07) is 53.7. The number of carbonyl (C=O) groups is 7. The lowest BCUT2D eigenvalue weighted by molar-refractivity contribution is -0.246. The molecule has 2 N–H and O–H groups in total. The maximum atomic E-state index is 15.5. The largest absolute Gasteiger partial charge is 0.330 e. The lowest BCUT2D eigenvalue weighted by Gasteiger charge is -2.51. The van der Waals surface area contributed by atoms with Crippen molar-refractivity contribution < 1.29 is 38.8 Å². The topological polar surface area (TPSA) is 174 Å². The second kappa shape index (κ2) is 30.0. The molecule has 448 valence electrons. The fourth-order valence-electron chi connectivity index (χ4n) is 11.4. The Balaban J connectivity index is 1.20. The monoisotopic (exact) mass is 1150 g/mol. The summed E-state index contributed by atoms with van der Waals surface area (Å²) >= 11 is 0. The molecule has 1 fully saturated rings. The summed E-state index contributed by atoms with van der Waals surface area (Å²) in [5, 5.41) is 15.9. The Morgan fingerprint density at radius 3 is 1.01 bits per heavy atom. The highest BCUT2D eigenvalue weighted by atomic mass is 16.5. The fraction of sp³-hybridized carbons (Fsp3) is 0.377. The zero-order chi connectivity index (χ0) is 61.3. The number of Topliss-reactive ketones (excluding diaryl/α,β-unsaturated/α-hetero) is 1. The highest BCUT2D eigenvalue weighted by molar-refractivity contribution is 5.93. The van der Waals surface area contributed by atoms with Gasteiger partial charge in [-0.25, -0.2) is 0 Å². The molecule has 7 rings (SSSR count). The van der Waals surface area contributed by atoms with Crippen LogP contribution in [0.25, 0.3) is 0 Å². The number of hydroxylamine groups is 2. The summed E-state index contributed by atoms with van der Waals surface area (Å²) in [5.74, 6) is -3.14. The predicted octanol–water partition coefficient (Wildman–Crippen LogP) is 9.43. The minimum Gasteiger partial charge on any atom is -0.330 e. The van der Waals surface area contributed by atoms with Gasteiger partial charge in [-0.05, 0) is 102 Å². The molecule has 0 unspecified atom stereocenters. The van der Waals surface area contributed by atoms with Crippen LogP contribution in [0.3, 0.4) is 0 Å². The van der Waals surface area contributed by atoms with Crippen LogP contribution >= 0.6 is 0 Å². The molecule has 0 saturated carbocycles. The van der Waals surface area contributed by atoms with Gasteiger partial charge >= 0.3 is 0 Å². The van der Waals surface area contributed by atoms with Gasteiger partial charge in [0.15, 0.2) is 0 Å². The molecule has 1 saturated heterocycles. The lowest BCUT2D eigenvalue weighted by Crippen LogP contribution is -2.63. The molecular weight excluding hydrogens is 1070 g/mol. The number of nitrogens with one attached hydrogen (secondary N) is 1. The molecule has 1 heterocycles. The number of carbonyl (C=O) groups excluding carboxylic acids is 7. The average molecular weight is 1150 g/mol. The number of hydrogen-bond acceptors (Lipinski definition) is 10. The third kappa shape index (κ3) is 18.1. The summed E-state index contributed by atoms with van der Waals surface area (Å²) in [4.78, 5) is 112. The van der Waals surface area contributed by atoms with Gasteiger partial charge in [-0.2, -0.15) is 5.06 Å². The molecule has 16 nitrogen and oxygen atoms in total. The predicted molar refractivity (Wildman–Crippen MR) is 329 cm³/mol. The molecule has 6 aromatic carbocycles. The standard InChI is InChI=1S/C69H84N8O8/c1-51(78)42-71(43-55-27-15-9-16-28-55)63(80)46-72(44-56-29-17-10-18-30-56)64(81)47-73(45-57-31-19-11-20-32-57)65(82)48-75(53(3)59-35-23-13-24-36-59)67(84)50-76(54(4)60-37-25-14-26-38-60)66(83)49-74(52(2)58-33-21-12-22-34-58)62(79)41-70-61-39-68(5,6)77(85)69(7,8)40-61/h9-38,52-54,61,70,85H,39-50H2,1-8H3/t52-,53-,54-/m0/s1. The van der Waals surface area contributed by atoms with Gasteiger partial charge in [0, 0.05) is 36.8 Å². The van der Waals surface area contributed by atoms with Gasteiger partial charge in [0.25, 0.3) is 0 Å². The van der Waals surface area contributed by atoms with Crippen molar-refractivity contribution in [1.82, 2.24) is 39.8 Å². The van der Waals surface area contributed by atoms with Crippen molar-refractivity contribution in [2.45, 2.75) is 123 Å². The summed E-state index contributed by atoms with van der Waals surface area (Å²) < 4.78 is 0. The van der Waals surface area contributed by atoms with Gasteiger partial charge in [0.2, 0.25) is 35.4 Å². The smallest absolute Gasteiger partial charge is 0.243 e. The molecule has 3 atom stereocenters. The van der Waals surface area contributed by atoms with Crippen molar-refractivity contribution >= 4 is 41.2 Å². The molecule has 6 amide bonds. The van der Waals surface area contributed by atoms with E-state index in [1.807, 2.05) is 230 Å². The molecule has 0 radical (unpaired) electrons. The van der Waals surface area contributed by atoms with Crippen LogP contribution in [0.5, 0.6) is 0 Å². The first kappa shape index (κ1) is 64.3. The Labute approximate surface area is 502 Å². The quantitative estimate of drug-likeness (QED) is 0.0506. The van der Waals surface area contributed by atoms with Crippen LogP contribution in [0, 0.1) is 0 Å². The Hall–Kier alpha value is -8.31. The van der Waals surface area contributed by atoms with E-state index < -0.39 is 78.4 Å². The lowest BCUT2D eigenvalue weighted by atomic mass is 9.79. The summed E-state index contributed by atoms with van der Waals surface area (Å²) in [6.07, 6.45) is 1.15. The second-order valence-corrected chi connectivity index (χ2v) is 23.7. The molecule has 1 aliphatic rings. The van der Waals surface area contributed by atoms with Crippen LogP contribution in [0.1, 0.15) is 120 Å². The van der Waals surface area contributed by atoms with E-state index in [1.54, 1.807) is 4.90 Å². The molecule has 0 bridgehead atoms. The van der Waals surface area contributed by atoms with Gasteiger partial charge < -0.3 is 39.9 Å². The molecule has 0 spiro atoms. The molecule has 1 aliphatic heterocycles. The van der Waals surface area contributed by atoms with Crippen LogP contribution in [0.4, 0.5) is 0 Å². The Morgan fingerprint density at radius 2 is 0.694 bits per heavy atom. The maximum Gasteiger partial charge on any atom is 0.243 e. The Morgan fingerprint density at radius 1 is 0.424 bits per heavy atom. The average Bonchev–Trinajstić information content (AvgIpc) is 2.40. The van der Waals surface area contributed by atoms with Crippen LogP contribution in [0.2, 0.25) is 0 Å². The number of ketones is 1. The number of nitrogens with zero attached hydrogens (tertiary/aromatic N) is 7. The van der Waals surface area contributed by atoms with Crippen molar-refractivity contribution in [2.24, 2.45) is 0 Å². The zero-order valence-corrected chi connectivity index (χ0v) is 50.6. The SMILES string of the molecule is CC(=O)CN(Cc1ccccc1)C(=O)CN(Cc1ccccc1)C(=O)CN(Cc1ccccc1)C(=O)CN(C(=O)CN(C(=O)CN(C(=O)CNC1CC(C)(C)N(O)C(C)(C)C1)[C@@H](C)c1ccccc1)[C@@H](C)c1ccccc1)[C@@H](C)c1ccccc1. The van der Waals surface area contributed by atoms with Crippen LogP contribution in [-0.4, -0.2) is 144 Å². The highest BCUT2D eigenvalue weighted by Gasteiger charge is 2.45. The number of benzene rings is 6. The van der Waals surface area contributed by atoms with E-state index in [-0.39, 0.29) is 63.5 Å². The third-order valence-electron chi connectivity index (χ3n) is 16.1. The van der Waals surface area contributed by atoms with E-state index in [2.05, 4.69) is 5.32 Å². The molecule has 6 aromatic rings. The summed E-state index contributed by atoms with van der Waals surface area (Å²) in [5.41, 5.74) is 3.41. The number of amides is 6. The maximum absolute atomic E-state index is 15.5. The molecule has 85 heavy (non-hydrogen) atoms. The first-order valence-corrected chi connectivity index (χ1v) is 29.3. The summed E-state index contributed by atoms with van der Waals surface area (Å²) in [6.45, 7) is 12.5. The number of rotatable bonds is 27. The minimum absolute atomic E-state index is 0.0190. The first-order chi connectivity index (χ1) is 40.6. The van der Waals surface area contributed by atoms with Gasteiger partial charge in [-0.15, -0.1) is 0 Å². The van der Waals surface area contributed by atoms with E-state index in [9.17, 15) is 24.4 Å². The van der Waals surface area contributed by atoms with E-state index in [4.69, 9.17) is 0 Å². The van der Waals surface area contributed by atoms with Gasteiger partial charge in [0.1, 0.15) is 38.5 Å². The number of hydrogen-bond donors (Lipinski definition) is 2. The zero-order valence-electron chi connectivity index (χ0n) is 50.6. The third-order valence-corrected chi connectivity index (χ3v) is 16.1. The Kier molecular flexibility index (Phi) is 22.7. The first-order valence-electron chi connectivity index (χ1n) is 29.3. The second-order valence-electron chi connectivity index (χ2n) is 23.7. The molecule has 0 aromatic heterocycles. The van der Waals surface area contributed by atoms with Crippen molar-refractivity contribution in [3.63, 3.8) is 0 Å². The van der Waals surface area contributed by atoms with Crippen LogP contribution in [-0.2, 0) is 53.2 Å². The van der Waals surface area contributed by atoms with Crippen molar-refractivity contribution in [3.8, 4) is 0 Å². The van der Waals surface area contributed by atoms with Gasteiger partial charge in [0.05, 0.1) is 31.2 Å². The minimum atomic E-state index is -0.713. The fourth-order valence-corrected chi connectivity index (χ4v) is 11.4. The summed E-state index contributed by atoms with van der Waals surface area (Å²) in [7, 11) is 0. The number of piperidine rings is 1. The normalized spacial score (nSPS) is 14.9. The van der Waals surface area contributed by atoms with Gasteiger partial charge in [-0.1, -0.05) is 182 Å². The van der Waals surface area contributed by atoms with E-state index >= 15 is 14.4 Å². The van der Waals surface area contributed by atoms with Gasteiger partial charge in [-0.3, -0.25) is 33.6 Å². The molecular formula is C69H84N8O8. The van der Waals surface area contributed by atoms with Crippen molar-refractivity contribution in [3.05, 3.63) is 215 Å². The Bertz CT molecular complexity index is 3140. The van der Waals surface area contributed by atoms with E-state index in [1.165, 1.54) is 36.5 Å². The molecule has 0 aliphatic carbocycles. The van der Waals surface area contributed by atoms with E-state index in [0.717, 1.165) is 33.4 Å². The highest BCUT2D eigenvalue weighted by Crippen LogP contribution is 2.37. The van der Waals surface area contributed by atoms with E-state index in [0.29, 0.717) is 12.8 Å². The van der Waals surface area contributed by atoms with Crippen LogP contribution in [0.15, 0.2) is 182 Å². The van der Waals surface area contributed by atoms with Crippen LogP contribution < -0.4 is 5.32 Å². The molecule has 16 heteroatoms. The van der Waals surface area contributed by atoms with Crippen molar-refractivity contribution in [1.29, 1.82) is 0 Å². The van der Waals surface area contributed by atoms with Crippen molar-refractivity contribution in [2.75, 3.05) is 45.8 Å².